The minimum Gasteiger partial charge on any atom is -0.354 e. The molecule has 1 aromatic heterocycles. The molecule has 150 valence electrons. The number of anilines is 2. The van der Waals surface area contributed by atoms with Crippen LogP contribution in [0.25, 0.3) is 0 Å². The standard InChI is InChI=1S/C24H28N4O/c1-3-19-13-8-14-20(4-2)22(19)28-23(29)21-16-26-24(27-17-21)25-15-9-12-18-10-6-5-7-11-18/h5-8,10-11,13-14,16-17H,3-4,9,12,15H2,1-2H3,(H,28,29)(H,25,26,27). The Labute approximate surface area is 172 Å². The quantitative estimate of drug-likeness (QED) is 0.512. The highest BCUT2D eigenvalue weighted by molar-refractivity contribution is 6.04. The molecule has 5 nitrogen and oxygen atoms in total. The van der Waals surface area contributed by atoms with Gasteiger partial charge in [0.25, 0.3) is 5.91 Å². The van der Waals surface area contributed by atoms with Crippen molar-refractivity contribution in [2.75, 3.05) is 17.2 Å². The van der Waals surface area contributed by atoms with Gasteiger partial charge in [-0.3, -0.25) is 4.79 Å². The van der Waals surface area contributed by atoms with Gasteiger partial charge in [0.05, 0.1) is 5.56 Å². The number of para-hydroxylation sites is 1. The summed E-state index contributed by atoms with van der Waals surface area (Å²) in [5.41, 5.74) is 4.95. The highest BCUT2D eigenvalue weighted by atomic mass is 16.1. The van der Waals surface area contributed by atoms with Gasteiger partial charge in [0.2, 0.25) is 5.95 Å². The van der Waals surface area contributed by atoms with E-state index in [0.717, 1.165) is 49.0 Å². The van der Waals surface area contributed by atoms with Crippen LogP contribution in [0.3, 0.4) is 0 Å². The number of nitrogens with zero attached hydrogens (tertiary/aromatic N) is 2. The number of carbonyl (C=O) groups is 1. The highest BCUT2D eigenvalue weighted by Gasteiger charge is 2.12. The molecular weight excluding hydrogens is 360 g/mol. The molecule has 5 heteroatoms. The molecule has 2 aromatic carbocycles. The van der Waals surface area contributed by atoms with Crippen LogP contribution in [0, 0.1) is 0 Å². The maximum Gasteiger partial charge on any atom is 0.258 e. The second-order valence-corrected chi connectivity index (χ2v) is 6.92. The molecule has 3 rings (SSSR count). The SMILES string of the molecule is CCc1cccc(CC)c1NC(=O)c1cnc(NCCCc2ccccc2)nc1. The summed E-state index contributed by atoms with van der Waals surface area (Å²) in [6.07, 6.45) is 6.87. The van der Waals surface area contributed by atoms with E-state index >= 15 is 0 Å². The summed E-state index contributed by atoms with van der Waals surface area (Å²) >= 11 is 0. The average Bonchev–Trinajstić information content (AvgIpc) is 2.78. The van der Waals surface area contributed by atoms with Crippen LogP contribution in [-0.2, 0) is 19.3 Å². The summed E-state index contributed by atoms with van der Waals surface area (Å²) in [5.74, 6) is 0.356. The number of hydrogen-bond acceptors (Lipinski definition) is 4. The minimum absolute atomic E-state index is 0.184. The van der Waals surface area contributed by atoms with E-state index < -0.39 is 0 Å². The smallest absolute Gasteiger partial charge is 0.258 e. The number of carbonyl (C=O) groups excluding carboxylic acids is 1. The first-order valence-corrected chi connectivity index (χ1v) is 10.2. The minimum atomic E-state index is -0.184. The maximum atomic E-state index is 12.7. The van der Waals surface area contributed by atoms with Crippen LogP contribution in [0.15, 0.2) is 60.9 Å². The Hall–Kier alpha value is -3.21. The fraction of sp³-hybridized carbons (Fsp3) is 0.292. The van der Waals surface area contributed by atoms with Crippen LogP contribution in [0.2, 0.25) is 0 Å². The molecule has 1 heterocycles. The second-order valence-electron chi connectivity index (χ2n) is 6.92. The third-order valence-electron chi connectivity index (χ3n) is 4.92. The summed E-state index contributed by atoms with van der Waals surface area (Å²) < 4.78 is 0. The number of aryl methyl sites for hydroxylation is 3. The zero-order chi connectivity index (χ0) is 20.5. The molecule has 2 N–H and O–H groups in total. The van der Waals surface area contributed by atoms with Gasteiger partial charge in [0.1, 0.15) is 0 Å². The Kier molecular flexibility index (Phi) is 7.34. The molecule has 0 saturated carbocycles. The molecule has 29 heavy (non-hydrogen) atoms. The lowest BCUT2D eigenvalue weighted by atomic mass is 10.0. The average molecular weight is 389 g/mol. The summed E-state index contributed by atoms with van der Waals surface area (Å²) in [4.78, 5) is 21.2. The first kappa shape index (κ1) is 20.5. The van der Waals surface area contributed by atoms with E-state index in [4.69, 9.17) is 0 Å². The number of rotatable bonds is 9. The van der Waals surface area contributed by atoms with Gasteiger partial charge >= 0.3 is 0 Å². The molecule has 0 atom stereocenters. The van der Waals surface area contributed by atoms with E-state index in [1.54, 1.807) is 12.4 Å². The van der Waals surface area contributed by atoms with E-state index in [1.165, 1.54) is 5.56 Å². The Morgan fingerprint density at radius 1 is 0.897 bits per heavy atom. The van der Waals surface area contributed by atoms with Crippen molar-refractivity contribution in [1.29, 1.82) is 0 Å². The van der Waals surface area contributed by atoms with E-state index in [1.807, 2.05) is 24.3 Å². The van der Waals surface area contributed by atoms with E-state index in [9.17, 15) is 4.79 Å². The van der Waals surface area contributed by atoms with Crippen molar-refractivity contribution in [3.63, 3.8) is 0 Å². The number of nitrogens with one attached hydrogen (secondary N) is 2. The molecule has 0 aliphatic carbocycles. The van der Waals surface area contributed by atoms with Crippen molar-refractivity contribution in [2.24, 2.45) is 0 Å². The summed E-state index contributed by atoms with van der Waals surface area (Å²) in [6, 6.07) is 16.5. The van der Waals surface area contributed by atoms with Crippen molar-refractivity contribution < 1.29 is 4.79 Å². The van der Waals surface area contributed by atoms with Crippen molar-refractivity contribution in [3.8, 4) is 0 Å². The van der Waals surface area contributed by atoms with Crippen molar-refractivity contribution in [1.82, 2.24) is 9.97 Å². The first-order chi connectivity index (χ1) is 14.2. The number of benzene rings is 2. The number of aromatic nitrogens is 2. The van der Waals surface area contributed by atoms with Crippen LogP contribution in [0.1, 0.15) is 47.3 Å². The van der Waals surface area contributed by atoms with E-state index in [-0.39, 0.29) is 5.91 Å². The zero-order valence-corrected chi connectivity index (χ0v) is 17.1. The number of amides is 1. The van der Waals surface area contributed by atoms with Crippen LogP contribution >= 0.6 is 0 Å². The first-order valence-electron chi connectivity index (χ1n) is 10.2. The molecule has 3 aromatic rings. The van der Waals surface area contributed by atoms with Crippen LogP contribution in [-0.4, -0.2) is 22.4 Å². The third-order valence-corrected chi connectivity index (χ3v) is 4.92. The lowest BCUT2D eigenvalue weighted by Gasteiger charge is -2.14. The molecule has 0 unspecified atom stereocenters. The topological polar surface area (TPSA) is 66.9 Å². The lowest BCUT2D eigenvalue weighted by molar-refractivity contribution is 0.102. The Morgan fingerprint density at radius 2 is 1.55 bits per heavy atom. The van der Waals surface area contributed by atoms with Gasteiger partial charge in [0.15, 0.2) is 0 Å². The van der Waals surface area contributed by atoms with Gasteiger partial charge in [-0.15, -0.1) is 0 Å². The Balaban J connectivity index is 1.55. The Bertz CT molecular complexity index is 901. The monoisotopic (exact) mass is 388 g/mol. The lowest BCUT2D eigenvalue weighted by Crippen LogP contribution is -2.16. The van der Waals surface area contributed by atoms with Gasteiger partial charge in [-0.25, -0.2) is 9.97 Å². The number of hydrogen-bond donors (Lipinski definition) is 2. The normalized spacial score (nSPS) is 10.6. The van der Waals surface area contributed by atoms with Gasteiger partial charge in [-0.05, 0) is 42.4 Å². The molecule has 0 bridgehead atoms. The predicted octanol–water partition coefficient (Wildman–Crippen LogP) is 4.90. The fourth-order valence-electron chi connectivity index (χ4n) is 3.26. The van der Waals surface area contributed by atoms with Gasteiger partial charge < -0.3 is 10.6 Å². The van der Waals surface area contributed by atoms with Gasteiger partial charge in [-0.2, -0.15) is 0 Å². The van der Waals surface area contributed by atoms with Gasteiger partial charge in [-0.1, -0.05) is 62.4 Å². The second kappa shape index (κ2) is 10.4. The van der Waals surface area contributed by atoms with Crippen molar-refractivity contribution >= 4 is 17.5 Å². The van der Waals surface area contributed by atoms with Gasteiger partial charge in [0, 0.05) is 24.6 Å². The fourth-order valence-corrected chi connectivity index (χ4v) is 3.26. The molecule has 1 amide bonds. The van der Waals surface area contributed by atoms with Crippen LogP contribution < -0.4 is 10.6 Å². The van der Waals surface area contributed by atoms with Crippen molar-refractivity contribution in [2.45, 2.75) is 39.5 Å². The molecular formula is C24H28N4O. The maximum absolute atomic E-state index is 12.7. The predicted molar refractivity (Wildman–Crippen MR) is 118 cm³/mol. The molecule has 0 spiro atoms. The third kappa shape index (κ3) is 5.64. The molecule has 0 saturated heterocycles. The molecule has 0 radical (unpaired) electrons. The van der Waals surface area contributed by atoms with Crippen LogP contribution in [0.4, 0.5) is 11.6 Å². The Morgan fingerprint density at radius 3 is 2.17 bits per heavy atom. The van der Waals surface area contributed by atoms with Crippen molar-refractivity contribution in [3.05, 3.63) is 83.2 Å². The summed E-state index contributed by atoms with van der Waals surface area (Å²) in [6.45, 7) is 4.96. The largest absolute Gasteiger partial charge is 0.354 e. The van der Waals surface area contributed by atoms with E-state index in [0.29, 0.717) is 11.5 Å². The summed E-state index contributed by atoms with van der Waals surface area (Å²) in [5, 5.41) is 6.26. The summed E-state index contributed by atoms with van der Waals surface area (Å²) in [7, 11) is 0. The highest BCUT2D eigenvalue weighted by Crippen LogP contribution is 2.23. The molecule has 0 fully saturated rings. The zero-order valence-electron chi connectivity index (χ0n) is 17.1. The van der Waals surface area contributed by atoms with Crippen LogP contribution in [0.5, 0.6) is 0 Å². The van der Waals surface area contributed by atoms with E-state index in [2.05, 4.69) is 58.7 Å². The molecule has 0 aliphatic heterocycles. The molecule has 0 aliphatic rings.